The second-order valence-corrected chi connectivity index (χ2v) is 6.41. The van der Waals surface area contributed by atoms with Crippen molar-refractivity contribution in [1.29, 1.82) is 0 Å². The molecule has 0 aromatic carbocycles. The Morgan fingerprint density at radius 2 is 1.69 bits per heavy atom. The molecule has 2 rings (SSSR count). The largest absolute Gasteiger partial charge is 0.389 e. The summed E-state index contributed by atoms with van der Waals surface area (Å²) in [6, 6.07) is 0. The maximum atomic E-state index is 10.1. The summed E-state index contributed by atoms with van der Waals surface area (Å²) in [4.78, 5) is 2.45. The molecule has 0 radical (unpaired) electrons. The first-order valence-corrected chi connectivity index (χ1v) is 7.00. The maximum absolute atomic E-state index is 10.1. The number of hydrogen-bond acceptors (Lipinski definition) is 2. The van der Waals surface area contributed by atoms with Crippen LogP contribution in [0.25, 0.3) is 0 Å². The Morgan fingerprint density at radius 3 is 2.19 bits per heavy atom. The van der Waals surface area contributed by atoms with Crippen LogP contribution in [0.4, 0.5) is 0 Å². The van der Waals surface area contributed by atoms with Gasteiger partial charge in [-0.1, -0.05) is 32.6 Å². The summed E-state index contributed by atoms with van der Waals surface area (Å²) < 4.78 is 0. The molecular formula is C14H27NO. The van der Waals surface area contributed by atoms with Gasteiger partial charge in [-0.25, -0.2) is 0 Å². The van der Waals surface area contributed by atoms with Gasteiger partial charge in [0.05, 0.1) is 5.60 Å². The molecule has 1 atom stereocenters. The molecule has 2 aliphatic rings. The highest BCUT2D eigenvalue weighted by Gasteiger charge is 2.43. The molecule has 1 spiro atoms. The molecule has 0 aromatic rings. The molecule has 2 nitrogen and oxygen atoms in total. The number of aliphatic hydroxyl groups is 1. The lowest BCUT2D eigenvalue weighted by Crippen LogP contribution is -2.59. The molecule has 1 unspecified atom stereocenters. The average molecular weight is 225 g/mol. The Bertz CT molecular complexity index is 221. The van der Waals surface area contributed by atoms with Crippen LogP contribution in [0.5, 0.6) is 0 Å². The zero-order valence-electron chi connectivity index (χ0n) is 11.0. The first-order chi connectivity index (χ1) is 7.55. The highest BCUT2D eigenvalue weighted by molar-refractivity contribution is 4.97. The van der Waals surface area contributed by atoms with Crippen molar-refractivity contribution in [3.63, 3.8) is 0 Å². The van der Waals surface area contributed by atoms with Gasteiger partial charge in [0.2, 0.25) is 0 Å². The molecule has 1 saturated carbocycles. The smallest absolute Gasteiger partial charge is 0.0743 e. The van der Waals surface area contributed by atoms with Crippen molar-refractivity contribution in [2.24, 2.45) is 5.41 Å². The summed E-state index contributed by atoms with van der Waals surface area (Å²) in [5.74, 6) is 0. The van der Waals surface area contributed by atoms with Crippen LogP contribution >= 0.6 is 0 Å². The van der Waals surface area contributed by atoms with E-state index < -0.39 is 5.60 Å². The van der Waals surface area contributed by atoms with Gasteiger partial charge in [-0.2, -0.15) is 0 Å². The van der Waals surface area contributed by atoms with Gasteiger partial charge in [-0.3, -0.25) is 4.90 Å². The highest BCUT2D eigenvalue weighted by Crippen LogP contribution is 2.43. The van der Waals surface area contributed by atoms with Gasteiger partial charge in [0.15, 0.2) is 0 Å². The molecule has 1 heterocycles. The van der Waals surface area contributed by atoms with Gasteiger partial charge >= 0.3 is 0 Å². The lowest BCUT2D eigenvalue weighted by atomic mass is 9.73. The van der Waals surface area contributed by atoms with Crippen LogP contribution in [0.15, 0.2) is 0 Å². The Morgan fingerprint density at radius 1 is 1.12 bits per heavy atom. The van der Waals surface area contributed by atoms with E-state index in [0.717, 1.165) is 13.0 Å². The summed E-state index contributed by atoms with van der Waals surface area (Å²) in [6.07, 6.45) is 9.45. The molecule has 2 fully saturated rings. The third-order valence-electron chi connectivity index (χ3n) is 4.61. The van der Waals surface area contributed by atoms with Crippen LogP contribution in [-0.2, 0) is 0 Å². The third-order valence-corrected chi connectivity index (χ3v) is 4.61. The Hall–Kier alpha value is -0.0800. The number of rotatable bonds is 3. The molecule has 94 valence electrons. The van der Waals surface area contributed by atoms with E-state index >= 15 is 0 Å². The number of likely N-dealkylation sites (tertiary alicyclic amines) is 1. The van der Waals surface area contributed by atoms with Crippen molar-refractivity contribution in [3.05, 3.63) is 0 Å². The molecule has 16 heavy (non-hydrogen) atoms. The summed E-state index contributed by atoms with van der Waals surface area (Å²) in [6.45, 7) is 7.38. The average Bonchev–Trinajstić information content (AvgIpc) is 2.42. The molecule has 0 aromatic heterocycles. The molecule has 2 heteroatoms. The summed E-state index contributed by atoms with van der Waals surface area (Å²) >= 11 is 0. The molecule has 1 aliphatic carbocycles. The monoisotopic (exact) mass is 225 g/mol. The lowest BCUT2D eigenvalue weighted by Gasteiger charge is -2.52. The zero-order chi connectivity index (χ0) is 11.6. The van der Waals surface area contributed by atoms with Crippen LogP contribution in [0.2, 0.25) is 0 Å². The van der Waals surface area contributed by atoms with Crippen molar-refractivity contribution in [1.82, 2.24) is 4.90 Å². The second kappa shape index (κ2) is 4.66. The second-order valence-electron chi connectivity index (χ2n) is 6.41. The fourth-order valence-corrected chi connectivity index (χ4v) is 3.40. The topological polar surface area (TPSA) is 23.5 Å². The van der Waals surface area contributed by atoms with Crippen molar-refractivity contribution in [2.45, 2.75) is 64.4 Å². The minimum Gasteiger partial charge on any atom is -0.389 e. The van der Waals surface area contributed by atoms with E-state index in [1.165, 1.54) is 51.6 Å². The lowest BCUT2D eigenvalue weighted by molar-refractivity contribution is -0.0682. The minimum absolute atomic E-state index is 0.480. The van der Waals surface area contributed by atoms with E-state index in [4.69, 9.17) is 0 Å². The van der Waals surface area contributed by atoms with E-state index in [9.17, 15) is 5.11 Å². The van der Waals surface area contributed by atoms with Gasteiger partial charge in [0.25, 0.3) is 0 Å². The van der Waals surface area contributed by atoms with Crippen LogP contribution in [0, 0.1) is 5.41 Å². The minimum atomic E-state index is -0.480. The Balaban J connectivity index is 1.79. The van der Waals surface area contributed by atoms with E-state index in [2.05, 4.69) is 11.8 Å². The summed E-state index contributed by atoms with van der Waals surface area (Å²) in [5, 5.41) is 10.1. The highest BCUT2D eigenvalue weighted by atomic mass is 16.3. The molecule has 0 bridgehead atoms. The van der Waals surface area contributed by atoms with Gasteiger partial charge in [0, 0.05) is 19.6 Å². The van der Waals surface area contributed by atoms with Gasteiger partial charge in [-0.05, 0) is 31.6 Å². The van der Waals surface area contributed by atoms with Crippen molar-refractivity contribution >= 4 is 0 Å². The number of nitrogens with zero attached hydrogens (tertiary/aromatic N) is 1. The SMILES string of the molecule is CCC(C)(O)CN1CC2(CCCCCC2)C1. The fraction of sp³-hybridized carbons (Fsp3) is 1.00. The van der Waals surface area contributed by atoms with Gasteiger partial charge in [-0.15, -0.1) is 0 Å². The first-order valence-electron chi connectivity index (χ1n) is 7.00. The van der Waals surface area contributed by atoms with Crippen LogP contribution in [-0.4, -0.2) is 35.2 Å². The Labute approximate surface area is 100 Å². The van der Waals surface area contributed by atoms with Crippen molar-refractivity contribution < 1.29 is 5.11 Å². The van der Waals surface area contributed by atoms with Gasteiger partial charge < -0.3 is 5.11 Å². The molecule has 1 saturated heterocycles. The fourth-order valence-electron chi connectivity index (χ4n) is 3.40. The predicted molar refractivity (Wildman–Crippen MR) is 67.5 cm³/mol. The van der Waals surface area contributed by atoms with Crippen LogP contribution < -0.4 is 0 Å². The first kappa shape index (κ1) is 12.4. The molecule has 1 aliphatic heterocycles. The van der Waals surface area contributed by atoms with Crippen molar-refractivity contribution in [3.8, 4) is 0 Å². The van der Waals surface area contributed by atoms with Gasteiger partial charge in [0.1, 0.15) is 0 Å². The summed E-state index contributed by atoms with van der Waals surface area (Å²) in [5.41, 5.74) is 0.159. The van der Waals surface area contributed by atoms with E-state index in [-0.39, 0.29) is 0 Å². The normalized spacial score (nSPS) is 29.4. The third kappa shape index (κ3) is 2.78. The zero-order valence-corrected chi connectivity index (χ0v) is 11.0. The van der Waals surface area contributed by atoms with Crippen LogP contribution in [0.1, 0.15) is 58.8 Å². The number of hydrogen-bond donors (Lipinski definition) is 1. The maximum Gasteiger partial charge on any atom is 0.0743 e. The number of β-amino-alcohol motifs (C(OH)–C–C–N with tert-alkyl or cyclic N) is 1. The molecule has 1 N–H and O–H groups in total. The van der Waals surface area contributed by atoms with E-state index in [1.54, 1.807) is 0 Å². The predicted octanol–water partition coefficient (Wildman–Crippen LogP) is 2.80. The molecule has 0 amide bonds. The summed E-state index contributed by atoms with van der Waals surface area (Å²) in [7, 11) is 0. The van der Waals surface area contributed by atoms with E-state index in [1.807, 2.05) is 6.92 Å². The quantitative estimate of drug-likeness (QED) is 0.798. The van der Waals surface area contributed by atoms with Crippen molar-refractivity contribution in [2.75, 3.05) is 19.6 Å². The molecular weight excluding hydrogens is 198 g/mol. The standard InChI is InChI=1S/C14H27NO/c1-3-13(2,16)10-15-11-14(12-15)8-6-4-5-7-9-14/h16H,3-12H2,1-2H3. The van der Waals surface area contributed by atoms with E-state index in [0.29, 0.717) is 5.41 Å². The van der Waals surface area contributed by atoms with Crippen LogP contribution in [0.3, 0.4) is 0 Å². The Kier molecular flexibility index (Phi) is 3.60.